The van der Waals surface area contributed by atoms with Crippen LogP contribution < -0.4 is 16.2 Å². The van der Waals surface area contributed by atoms with Gasteiger partial charge in [-0.15, -0.1) is 0 Å². The summed E-state index contributed by atoms with van der Waals surface area (Å²) in [5.41, 5.74) is -0.0458. The Morgan fingerprint density at radius 3 is 2.54 bits per heavy atom. The number of carbonyl (C=O) groups excluding carboxylic acids is 2. The van der Waals surface area contributed by atoms with Gasteiger partial charge >= 0.3 is 13.4 Å². The number of alkyl halides is 1. The predicted octanol–water partition coefficient (Wildman–Crippen LogP) is 3.52. The van der Waals surface area contributed by atoms with Gasteiger partial charge in [-0.25, -0.2) is 24.3 Å². The van der Waals surface area contributed by atoms with Crippen molar-refractivity contribution in [3.63, 3.8) is 0 Å². The molecule has 2 bridgehead atoms. The van der Waals surface area contributed by atoms with Crippen LogP contribution in [0.5, 0.6) is 0 Å². The van der Waals surface area contributed by atoms with Gasteiger partial charge in [0.2, 0.25) is 11.9 Å². The lowest BCUT2D eigenvalue weighted by Gasteiger charge is -2.29. The van der Waals surface area contributed by atoms with Crippen LogP contribution >= 0.6 is 13.4 Å². The van der Waals surface area contributed by atoms with Crippen LogP contribution in [0.25, 0.3) is 22.3 Å². The number of H-pyrrole nitrogens is 1. The topological polar surface area (TPSA) is 274 Å². The normalized spacial score (nSPS) is 29.3. The first-order chi connectivity index (χ1) is 29.2. The smallest absolute Gasteiger partial charge is 0.327 e. The first kappa shape index (κ1) is 43.1. The summed E-state index contributed by atoms with van der Waals surface area (Å²) in [5.74, 6) is -1.35. The van der Waals surface area contributed by atoms with Crippen molar-refractivity contribution in [3.05, 3.63) is 65.2 Å². The molecule has 4 N–H and O–H groups in total. The fourth-order valence-corrected chi connectivity index (χ4v) is 10.2. The lowest BCUT2D eigenvalue weighted by Crippen LogP contribution is -2.32. The molecule has 5 aromatic rings. The molecule has 8 rings (SSSR count). The molecular formula is C34H36FN11O11P2S2. The average molecular weight is 920 g/mol. The van der Waals surface area contributed by atoms with Crippen LogP contribution in [0.2, 0.25) is 0 Å². The number of imidazole rings is 2. The van der Waals surface area contributed by atoms with Crippen molar-refractivity contribution in [2.24, 2.45) is 5.92 Å². The number of hydrogen-bond donors (Lipinski definition) is 4. The van der Waals surface area contributed by atoms with Gasteiger partial charge in [0, 0.05) is 17.9 Å². The van der Waals surface area contributed by atoms with Gasteiger partial charge < -0.3 is 37.8 Å². The van der Waals surface area contributed by atoms with Gasteiger partial charge in [0.25, 0.3) is 11.5 Å². The molecule has 4 unspecified atom stereocenters. The summed E-state index contributed by atoms with van der Waals surface area (Å²) in [6, 6.07) is 10.5. The molecule has 322 valence electrons. The van der Waals surface area contributed by atoms with Crippen LogP contribution in [0.15, 0.2) is 54.1 Å². The number of carbonyl (C=O) groups is 2. The molecule has 0 radical (unpaired) electrons. The Kier molecular flexibility index (Phi) is 12.5. The van der Waals surface area contributed by atoms with E-state index in [0.29, 0.717) is 11.2 Å². The highest BCUT2D eigenvalue weighted by atomic mass is 32.5. The lowest BCUT2D eigenvalue weighted by molar-refractivity contribution is -0.118. The third-order valence-electron chi connectivity index (χ3n) is 9.64. The Morgan fingerprint density at radius 1 is 1.02 bits per heavy atom. The largest absolute Gasteiger partial charge is 0.349 e. The summed E-state index contributed by atoms with van der Waals surface area (Å²) in [5, 5.41) is 14.5. The zero-order valence-electron chi connectivity index (χ0n) is 32.0. The van der Waals surface area contributed by atoms with E-state index in [1.54, 1.807) is 48.7 Å². The molecule has 2 amide bonds. The fraction of sp³-hybridized carbons (Fsp3) is 0.441. The standard InChI is InChI=1S/C34H36FN11O11P2S2/c1-17(2)30(47)43-34-42-29-25(32(49)44-34)40-16-46(29)33-26-23(35)21(55-33)13-53-59(61,51-10-6-9-36)56-19-11-22(54-20(19)12-52-58(50,60)57-26)45-15-39-24-27(37-14-38-28(24)45)41-31(48)18-7-4-3-5-8-18/h3-5,7-8,14-17,19-23,26,33H,6,10-13H2,1-2H3,(H,50,60)(H,37,38,41,48)(H2,42,43,44,47,49)/t19-,20?,21+,22+,23+,26?,33+,58?,59?/m0/s1. The SMILES string of the molecule is CC(C)C(=O)Nc1nc2c(ncn2[C@@H]2O[C@@H]3COP(=S)(OCCC#N)O[C@H]4C[C@H](n5cnc6c(NC(=O)c7ccccc7)ncnc65)OC4COP(O)(=S)OC2[C@@H]3F)c(=O)[nH]1. The number of hydrogen-bond acceptors (Lipinski definition) is 18. The number of fused-ring (bicyclic) bond motifs is 5. The Hall–Kier alpha value is -4.54. The maximum absolute atomic E-state index is 16.5. The van der Waals surface area contributed by atoms with Gasteiger partial charge in [-0.2, -0.15) is 10.2 Å². The zero-order valence-corrected chi connectivity index (χ0v) is 35.4. The summed E-state index contributed by atoms with van der Waals surface area (Å²) < 4.78 is 61.7. The third-order valence-corrected chi connectivity index (χ3v) is 13.6. The van der Waals surface area contributed by atoms with Crippen LogP contribution in [0.4, 0.5) is 16.2 Å². The highest BCUT2D eigenvalue weighted by Crippen LogP contribution is 2.56. The Bertz CT molecular complexity index is 2670. The number of halogens is 1. The number of aromatic nitrogens is 8. The summed E-state index contributed by atoms with van der Waals surface area (Å²) in [6.45, 7) is -6.16. The van der Waals surface area contributed by atoms with Crippen molar-refractivity contribution < 1.29 is 51.0 Å². The summed E-state index contributed by atoms with van der Waals surface area (Å²) >= 11 is 11.2. The van der Waals surface area contributed by atoms with E-state index in [9.17, 15) is 24.5 Å². The number of nitrogens with zero attached hydrogens (tertiary/aromatic N) is 8. The van der Waals surface area contributed by atoms with Crippen molar-refractivity contribution in [1.29, 1.82) is 5.26 Å². The zero-order chi connectivity index (χ0) is 43.1. The number of benzene rings is 1. The lowest BCUT2D eigenvalue weighted by atomic mass is 10.1. The molecule has 3 aliphatic rings. The van der Waals surface area contributed by atoms with E-state index in [0.717, 1.165) is 6.33 Å². The fourth-order valence-electron chi connectivity index (χ4n) is 6.64. The molecule has 0 saturated carbocycles. The van der Waals surface area contributed by atoms with Gasteiger partial charge in [0.1, 0.15) is 30.9 Å². The van der Waals surface area contributed by atoms with Gasteiger partial charge in [0.15, 0.2) is 40.5 Å². The molecule has 3 saturated heterocycles. The Morgan fingerprint density at radius 2 is 1.77 bits per heavy atom. The maximum atomic E-state index is 16.5. The van der Waals surface area contributed by atoms with E-state index < -0.39 is 93.0 Å². The second-order valence-electron chi connectivity index (χ2n) is 14.1. The molecule has 1 aromatic carbocycles. The number of anilines is 2. The van der Waals surface area contributed by atoms with E-state index in [-0.39, 0.29) is 47.9 Å². The number of nitriles is 1. The van der Waals surface area contributed by atoms with Crippen molar-refractivity contribution in [2.45, 2.75) is 69.7 Å². The molecule has 3 aliphatic heterocycles. The predicted molar refractivity (Wildman–Crippen MR) is 217 cm³/mol. The van der Waals surface area contributed by atoms with E-state index >= 15 is 4.39 Å². The molecule has 9 atom stereocenters. The van der Waals surface area contributed by atoms with E-state index in [1.807, 2.05) is 6.07 Å². The van der Waals surface area contributed by atoms with Crippen LogP contribution in [-0.4, -0.2) is 106 Å². The van der Waals surface area contributed by atoms with Crippen molar-refractivity contribution in [2.75, 3.05) is 30.5 Å². The number of amides is 2. The van der Waals surface area contributed by atoms with E-state index in [2.05, 4.69) is 40.5 Å². The Labute approximate surface area is 354 Å². The van der Waals surface area contributed by atoms with Gasteiger partial charge in [-0.3, -0.25) is 38.3 Å². The second-order valence-corrected chi connectivity index (χ2v) is 19.8. The van der Waals surface area contributed by atoms with Crippen molar-refractivity contribution in [1.82, 2.24) is 39.0 Å². The Balaban J connectivity index is 1.08. The quantitative estimate of drug-likeness (QED) is 0.122. The van der Waals surface area contributed by atoms with Crippen molar-refractivity contribution >= 4 is 83.0 Å². The maximum Gasteiger partial charge on any atom is 0.327 e. The molecule has 61 heavy (non-hydrogen) atoms. The van der Waals surface area contributed by atoms with Gasteiger partial charge in [0.05, 0.1) is 51.1 Å². The third kappa shape index (κ3) is 9.17. The van der Waals surface area contributed by atoms with Crippen LogP contribution in [0.1, 0.15) is 49.5 Å². The monoisotopic (exact) mass is 919 g/mol. The molecule has 0 aliphatic carbocycles. The first-order valence-electron chi connectivity index (χ1n) is 18.6. The summed E-state index contributed by atoms with van der Waals surface area (Å²) in [7, 11) is 0. The molecule has 22 nitrogen and oxygen atoms in total. The van der Waals surface area contributed by atoms with Gasteiger partial charge in [-0.05, 0) is 35.7 Å². The highest BCUT2D eigenvalue weighted by molar-refractivity contribution is 8.07. The van der Waals surface area contributed by atoms with Gasteiger partial charge in [-0.1, -0.05) is 32.0 Å². The summed E-state index contributed by atoms with van der Waals surface area (Å²) in [4.78, 5) is 73.7. The molecule has 4 aromatic heterocycles. The number of rotatable bonds is 9. The molecule has 7 heterocycles. The molecule has 27 heteroatoms. The van der Waals surface area contributed by atoms with Crippen molar-refractivity contribution in [3.8, 4) is 6.07 Å². The number of nitrogens with one attached hydrogen (secondary N) is 3. The molecule has 3 fully saturated rings. The van der Waals surface area contributed by atoms with Crippen LogP contribution in [0.3, 0.4) is 0 Å². The highest BCUT2D eigenvalue weighted by Gasteiger charge is 2.52. The second kappa shape index (κ2) is 17.7. The van der Waals surface area contributed by atoms with E-state index in [4.69, 9.17) is 55.7 Å². The van der Waals surface area contributed by atoms with Crippen LogP contribution in [-0.2, 0) is 60.5 Å². The number of ether oxygens (including phenoxy) is 2. The minimum atomic E-state index is -4.36. The number of aromatic amines is 1. The minimum Gasteiger partial charge on any atom is -0.349 e. The molecule has 0 spiro atoms. The average Bonchev–Trinajstić information content (AvgIpc) is 4.02. The van der Waals surface area contributed by atoms with Crippen LogP contribution in [0, 0.1) is 17.2 Å². The first-order valence-corrected chi connectivity index (χ1v) is 23.7. The molecular weight excluding hydrogens is 884 g/mol. The summed E-state index contributed by atoms with van der Waals surface area (Å²) in [6.07, 6.45) is -5.74. The minimum absolute atomic E-state index is 0.0591. The van der Waals surface area contributed by atoms with E-state index in [1.165, 1.54) is 17.2 Å².